The van der Waals surface area contributed by atoms with E-state index in [1.807, 2.05) is 54.6 Å². The molecule has 3 aromatic rings. The highest BCUT2D eigenvalue weighted by molar-refractivity contribution is 6.37. The molecule has 9 heteroatoms. The van der Waals surface area contributed by atoms with Crippen molar-refractivity contribution in [2.75, 3.05) is 17.2 Å². The Morgan fingerprint density at radius 2 is 1.82 bits per heavy atom. The van der Waals surface area contributed by atoms with E-state index in [-0.39, 0.29) is 18.0 Å². The molecule has 0 bridgehead atoms. The van der Waals surface area contributed by atoms with Crippen LogP contribution in [0.2, 0.25) is 0 Å². The van der Waals surface area contributed by atoms with Crippen molar-refractivity contribution in [3.8, 4) is 0 Å². The second-order valence-electron chi connectivity index (χ2n) is 7.70. The summed E-state index contributed by atoms with van der Waals surface area (Å²) < 4.78 is 0. The van der Waals surface area contributed by atoms with Gasteiger partial charge in [0.15, 0.2) is 0 Å². The number of nitro benzene ring substituents is 1. The zero-order valence-electron chi connectivity index (χ0n) is 18.1. The summed E-state index contributed by atoms with van der Waals surface area (Å²) in [6, 6.07) is 21.1. The van der Waals surface area contributed by atoms with Gasteiger partial charge in [0.25, 0.3) is 11.6 Å². The Kier molecular flexibility index (Phi) is 6.65. The SMILES string of the molecule is O=C(O)CCNCc1cccc(N/C(=C2\C(=O)Nc3ccc([N+](=O)[O-])cc32)c2ccccc2)c1. The van der Waals surface area contributed by atoms with Crippen LogP contribution in [0, 0.1) is 10.1 Å². The number of benzene rings is 3. The predicted octanol–water partition coefficient (Wildman–Crippen LogP) is 4.09. The summed E-state index contributed by atoms with van der Waals surface area (Å²) in [5.41, 5.74) is 4.10. The molecular formula is C25H22N4O5. The predicted molar refractivity (Wildman–Crippen MR) is 129 cm³/mol. The molecule has 1 aliphatic rings. The number of anilines is 2. The number of carboxylic acid groups (broad SMARTS) is 1. The Labute approximate surface area is 195 Å². The summed E-state index contributed by atoms with van der Waals surface area (Å²) in [5, 5.41) is 29.3. The first-order valence-corrected chi connectivity index (χ1v) is 10.6. The van der Waals surface area contributed by atoms with E-state index in [4.69, 9.17) is 5.11 Å². The fraction of sp³-hybridized carbons (Fsp3) is 0.120. The lowest BCUT2D eigenvalue weighted by molar-refractivity contribution is -0.384. The minimum Gasteiger partial charge on any atom is -0.481 e. The summed E-state index contributed by atoms with van der Waals surface area (Å²) in [5.74, 6) is -1.22. The highest BCUT2D eigenvalue weighted by Crippen LogP contribution is 2.39. The van der Waals surface area contributed by atoms with Gasteiger partial charge in [-0.2, -0.15) is 0 Å². The number of fused-ring (bicyclic) bond motifs is 1. The molecule has 0 radical (unpaired) electrons. The smallest absolute Gasteiger partial charge is 0.304 e. The molecule has 0 saturated carbocycles. The number of carboxylic acids is 1. The lowest BCUT2D eigenvalue weighted by Crippen LogP contribution is -2.17. The van der Waals surface area contributed by atoms with E-state index in [9.17, 15) is 19.7 Å². The maximum absolute atomic E-state index is 13.0. The van der Waals surface area contributed by atoms with Crippen LogP contribution in [0.25, 0.3) is 11.3 Å². The normalized spacial score (nSPS) is 13.7. The molecular weight excluding hydrogens is 436 g/mol. The summed E-state index contributed by atoms with van der Waals surface area (Å²) in [4.78, 5) is 34.5. The number of aliphatic carboxylic acids is 1. The van der Waals surface area contributed by atoms with Gasteiger partial charge in [-0.05, 0) is 29.3 Å². The average Bonchev–Trinajstić information content (AvgIpc) is 3.15. The van der Waals surface area contributed by atoms with Crippen molar-refractivity contribution in [3.63, 3.8) is 0 Å². The van der Waals surface area contributed by atoms with Gasteiger partial charge in [-0.3, -0.25) is 19.7 Å². The van der Waals surface area contributed by atoms with Gasteiger partial charge in [0.1, 0.15) is 0 Å². The lowest BCUT2D eigenvalue weighted by Gasteiger charge is -2.15. The summed E-state index contributed by atoms with van der Waals surface area (Å²) in [6.07, 6.45) is 0.0306. The van der Waals surface area contributed by atoms with Gasteiger partial charge in [0.05, 0.1) is 22.6 Å². The van der Waals surface area contributed by atoms with E-state index in [0.29, 0.717) is 35.6 Å². The Morgan fingerprint density at radius 3 is 2.56 bits per heavy atom. The number of rotatable bonds is 9. The number of carbonyl (C=O) groups is 2. The number of nitro groups is 1. The fourth-order valence-corrected chi connectivity index (χ4v) is 3.73. The molecule has 34 heavy (non-hydrogen) atoms. The van der Waals surface area contributed by atoms with Crippen molar-refractivity contribution in [2.45, 2.75) is 13.0 Å². The molecule has 172 valence electrons. The Hall–Kier alpha value is -4.50. The van der Waals surface area contributed by atoms with Gasteiger partial charge in [-0.15, -0.1) is 0 Å². The molecule has 0 atom stereocenters. The highest BCUT2D eigenvalue weighted by atomic mass is 16.6. The topological polar surface area (TPSA) is 134 Å². The van der Waals surface area contributed by atoms with Gasteiger partial charge in [0.2, 0.25) is 0 Å². The van der Waals surface area contributed by atoms with Crippen molar-refractivity contribution in [1.29, 1.82) is 0 Å². The molecule has 9 nitrogen and oxygen atoms in total. The van der Waals surface area contributed by atoms with Gasteiger partial charge in [0, 0.05) is 42.2 Å². The minimum atomic E-state index is -0.864. The number of non-ortho nitro benzene ring substituents is 1. The van der Waals surface area contributed by atoms with E-state index >= 15 is 0 Å². The minimum absolute atomic E-state index is 0.0306. The van der Waals surface area contributed by atoms with E-state index in [0.717, 1.165) is 16.8 Å². The van der Waals surface area contributed by atoms with Crippen LogP contribution in [0.1, 0.15) is 23.1 Å². The highest BCUT2D eigenvalue weighted by Gasteiger charge is 2.30. The van der Waals surface area contributed by atoms with Crippen molar-refractivity contribution in [1.82, 2.24) is 5.32 Å². The number of nitrogens with one attached hydrogen (secondary N) is 3. The second-order valence-corrected chi connectivity index (χ2v) is 7.70. The number of hydrogen-bond donors (Lipinski definition) is 4. The monoisotopic (exact) mass is 458 g/mol. The maximum atomic E-state index is 13.0. The third-order valence-electron chi connectivity index (χ3n) is 5.31. The van der Waals surface area contributed by atoms with Gasteiger partial charge in [-0.1, -0.05) is 42.5 Å². The molecule has 3 aromatic carbocycles. The Morgan fingerprint density at radius 1 is 1.03 bits per heavy atom. The molecule has 4 rings (SSSR count). The number of nitrogens with zero attached hydrogens (tertiary/aromatic N) is 1. The van der Waals surface area contributed by atoms with Crippen LogP contribution in [-0.2, 0) is 16.1 Å². The van der Waals surface area contributed by atoms with Crippen molar-refractivity contribution < 1.29 is 19.6 Å². The zero-order valence-corrected chi connectivity index (χ0v) is 18.1. The quantitative estimate of drug-likeness (QED) is 0.164. The van der Waals surface area contributed by atoms with E-state index in [1.165, 1.54) is 18.2 Å². The zero-order chi connectivity index (χ0) is 24.1. The number of amides is 1. The van der Waals surface area contributed by atoms with Crippen LogP contribution >= 0.6 is 0 Å². The molecule has 0 aliphatic carbocycles. The largest absolute Gasteiger partial charge is 0.481 e. The fourth-order valence-electron chi connectivity index (χ4n) is 3.73. The molecule has 0 unspecified atom stereocenters. The average molecular weight is 458 g/mol. The summed E-state index contributed by atoms with van der Waals surface area (Å²) >= 11 is 0. The van der Waals surface area contributed by atoms with Crippen LogP contribution in [-0.4, -0.2) is 28.5 Å². The molecule has 4 N–H and O–H groups in total. The standard InChI is InChI=1S/C25H22N4O5/c30-22(31)11-12-26-15-16-5-4-8-18(13-16)27-24(17-6-2-1-3-7-17)23-20-14-19(29(33)34)9-10-21(20)28-25(23)32/h1-10,13-14,26-27H,11-12,15H2,(H,28,32)(H,30,31)/b24-23-. The van der Waals surface area contributed by atoms with Gasteiger partial charge < -0.3 is 21.1 Å². The van der Waals surface area contributed by atoms with Gasteiger partial charge >= 0.3 is 5.97 Å². The molecule has 0 saturated heterocycles. The number of hydrogen-bond acceptors (Lipinski definition) is 6. The first-order valence-electron chi connectivity index (χ1n) is 10.6. The van der Waals surface area contributed by atoms with Crippen LogP contribution in [0.15, 0.2) is 72.8 Å². The molecule has 0 spiro atoms. The van der Waals surface area contributed by atoms with Crippen LogP contribution in [0.5, 0.6) is 0 Å². The second kappa shape index (κ2) is 9.97. The third-order valence-corrected chi connectivity index (χ3v) is 5.31. The number of carbonyl (C=O) groups excluding carboxylic acids is 1. The van der Waals surface area contributed by atoms with Crippen molar-refractivity contribution in [2.24, 2.45) is 0 Å². The lowest BCUT2D eigenvalue weighted by atomic mass is 9.99. The molecule has 1 aliphatic heterocycles. The van der Waals surface area contributed by atoms with Gasteiger partial charge in [-0.25, -0.2) is 0 Å². The van der Waals surface area contributed by atoms with E-state index < -0.39 is 10.9 Å². The molecule has 1 amide bonds. The van der Waals surface area contributed by atoms with Crippen molar-refractivity contribution in [3.05, 3.63) is 99.6 Å². The van der Waals surface area contributed by atoms with Crippen LogP contribution < -0.4 is 16.0 Å². The molecule has 1 heterocycles. The first-order chi connectivity index (χ1) is 16.4. The molecule has 0 aromatic heterocycles. The Balaban J connectivity index is 1.71. The van der Waals surface area contributed by atoms with E-state index in [1.54, 1.807) is 0 Å². The maximum Gasteiger partial charge on any atom is 0.304 e. The van der Waals surface area contributed by atoms with Crippen LogP contribution in [0.3, 0.4) is 0 Å². The summed E-state index contributed by atoms with van der Waals surface area (Å²) in [6.45, 7) is 0.831. The first kappa shape index (κ1) is 22.7. The molecule has 0 fully saturated rings. The van der Waals surface area contributed by atoms with Crippen LogP contribution in [0.4, 0.5) is 17.1 Å². The Bertz CT molecular complexity index is 1290. The van der Waals surface area contributed by atoms with Crippen molar-refractivity contribution >= 4 is 40.2 Å². The van der Waals surface area contributed by atoms with E-state index in [2.05, 4.69) is 16.0 Å². The summed E-state index contributed by atoms with van der Waals surface area (Å²) in [7, 11) is 0. The third kappa shape index (κ3) is 5.11.